The summed E-state index contributed by atoms with van der Waals surface area (Å²) >= 11 is 0. The van der Waals surface area contributed by atoms with Crippen LogP contribution in [0, 0.1) is 0 Å². The minimum Gasteiger partial charge on any atom is -0.0610 e. The lowest BCUT2D eigenvalue weighted by molar-refractivity contribution is 1.86. The predicted molar refractivity (Wildman–Crippen MR) is 78.8 cm³/mol. The minimum absolute atomic E-state index is 1.32. The molecule has 0 unspecified atom stereocenters. The first-order valence-corrected chi connectivity index (χ1v) is 6.29. The van der Waals surface area contributed by atoms with E-state index in [0.717, 1.165) is 0 Å². The average Bonchev–Trinajstić information content (AvgIpc) is 2.54. The van der Waals surface area contributed by atoms with E-state index >= 15 is 0 Å². The topological polar surface area (TPSA) is 0 Å². The number of hydrogen-bond acceptors (Lipinski definition) is 0. The molecule has 0 radical (unpaired) electrons. The summed E-state index contributed by atoms with van der Waals surface area (Å²) in [5.41, 5.74) is 0. The molecule has 0 N–H and O–H groups in total. The molecule has 8 aromatic carbocycles. The monoisotopic (exact) mass is 226 g/mol. The molecule has 8 bridgehead atoms. The van der Waals surface area contributed by atoms with Crippen LogP contribution in [0.2, 0.25) is 0 Å². The molecule has 0 spiro atoms. The largest absolute Gasteiger partial charge is 0.0610 e. The van der Waals surface area contributed by atoms with Gasteiger partial charge in [-0.05, 0) is 73.4 Å². The lowest BCUT2D eigenvalue weighted by Crippen LogP contribution is -1.76. The van der Waals surface area contributed by atoms with Crippen molar-refractivity contribution in [1.82, 2.24) is 0 Å². The fraction of sp³-hybridized carbons (Fsp3) is 0. The summed E-state index contributed by atoms with van der Waals surface area (Å²) in [6.07, 6.45) is 0. The molecular formula is C18H10. The second-order valence-electron chi connectivity index (χ2n) is 5.14. The van der Waals surface area contributed by atoms with Crippen molar-refractivity contribution in [3.8, 4) is 0 Å². The van der Waals surface area contributed by atoms with Crippen molar-refractivity contribution in [3.63, 3.8) is 0 Å². The van der Waals surface area contributed by atoms with Gasteiger partial charge in [-0.1, -0.05) is 30.3 Å². The molecule has 0 amide bonds. The van der Waals surface area contributed by atoms with Gasteiger partial charge in [0.1, 0.15) is 0 Å². The molecule has 0 aliphatic carbocycles. The summed E-state index contributed by atoms with van der Waals surface area (Å²) in [5.74, 6) is 0. The summed E-state index contributed by atoms with van der Waals surface area (Å²) in [7, 11) is 0. The SMILES string of the molecule is c1cc2cc3cc4cc5ccc4cc3cc2c5c1. The Labute approximate surface area is 104 Å². The van der Waals surface area contributed by atoms with Gasteiger partial charge in [0.2, 0.25) is 0 Å². The Bertz CT molecular complexity index is 996. The molecule has 0 nitrogen and oxygen atoms in total. The van der Waals surface area contributed by atoms with Crippen molar-refractivity contribution in [2.45, 2.75) is 0 Å². The predicted octanol–water partition coefficient (Wildman–Crippen LogP) is 5.18. The van der Waals surface area contributed by atoms with Crippen LogP contribution in [0.1, 0.15) is 0 Å². The van der Waals surface area contributed by atoms with Gasteiger partial charge >= 0.3 is 0 Å². The van der Waals surface area contributed by atoms with E-state index in [1.807, 2.05) is 0 Å². The van der Waals surface area contributed by atoms with Gasteiger partial charge in [0.05, 0.1) is 0 Å². The van der Waals surface area contributed by atoms with E-state index in [0.29, 0.717) is 0 Å². The van der Waals surface area contributed by atoms with Gasteiger partial charge < -0.3 is 0 Å². The molecule has 0 saturated carbocycles. The fourth-order valence-corrected chi connectivity index (χ4v) is 3.20. The minimum atomic E-state index is 1.32. The highest BCUT2D eigenvalue weighted by molar-refractivity contribution is 6.15. The van der Waals surface area contributed by atoms with Crippen LogP contribution in [0.5, 0.6) is 0 Å². The lowest BCUT2D eigenvalue weighted by atomic mass is 10.0. The Morgan fingerprint density at radius 2 is 1.00 bits per heavy atom. The first kappa shape index (κ1) is 8.71. The van der Waals surface area contributed by atoms with Gasteiger partial charge in [-0.3, -0.25) is 0 Å². The van der Waals surface area contributed by atoms with E-state index in [1.54, 1.807) is 0 Å². The molecule has 18 heavy (non-hydrogen) atoms. The zero-order valence-corrected chi connectivity index (χ0v) is 9.77. The van der Waals surface area contributed by atoms with Crippen LogP contribution in [0.3, 0.4) is 0 Å². The molecule has 0 aromatic heterocycles. The molecular weight excluding hydrogens is 216 g/mol. The van der Waals surface area contributed by atoms with Crippen LogP contribution in [-0.2, 0) is 0 Å². The molecule has 8 aromatic rings. The van der Waals surface area contributed by atoms with Crippen molar-refractivity contribution in [3.05, 3.63) is 60.7 Å². The Kier molecular flexibility index (Phi) is 1.32. The maximum atomic E-state index is 2.33. The van der Waals surface area contributed by atoms with Crippen LogP contribution in [0.4, 0.5) is 0 Å². The number of benzene rings is 4. The van der Waals surface area contributed by atoms with Gasteiger partial charge in [-0.2, -0.15) is 0 Å². The highest BCUT2D eigenvalue weighted by atomic mass is 14.1. The number of rotatable bonds is 0. The van der Waals surface area contributed by atoms with Crippen LogP contribution in [0.15, 0.2) is 60.7 Å². The van der Waals surface area contributed by atoms with Gasteiger partial charge in [-0.25, -0.2) is 0 Å². The normalized spacial score (nSPS) is 12.4. The van der Waals surface area contributed by atoms with Gasteiger partial charge in [0.25, 0.3) is 0 Å². The van der Waals surface area contributed by atoms with Crippen molar-refractivity contribution < 1.29 is 0 Å². The first-order valence-electron chi connectivity index (χ1n) is 6.29. The van der Waals surface area contributed by atoms with Crippen LogP contribution >= 0.6 is 0 Å². The molecule has 0 saturated heterocycles. The Balaban J connectivity index is 2.40. The van der Waals surface area contributed by atoms with Crippen molar-refractivity contribution in [1.29, 1.82) is 0 Å². The number of hydrogen-bond donors (Lipinski definition) is 0. The smallest absolute Gasteiger partial charge is 0.00990 e. The second-order valence-corrected chi connectivity index (χ2v) is 5.14. The van der Waals surface area contributed by atoms with Crippen molar-refractivity contribution >= 4 is 43.1 Å². The third-order valence-electron chi connectivity index (χ3n) is 4.10. The van der Waals surface area contributed by atoms with Crippen LogP contribution in [0.25, 0.3) is 43.1 Å². The van der Waals surface area contributed by atoms with E-state index in [4.69, 9.17) is 0 Å². The summed E-state index contributed by atoms with van der Waals surface area (Å²) in [4.78, 5) is 0. The van der Waals surface area contributed by atoms with Crippen molar-refractivity contribution in [2.75, 3.05) is 0 Å². The molecule has 82 valence electrons. The molecule has 0 aliphatic rings. The first-order chi connectivity index (χ1) is 8.88. The molecule has 0 heterocycles. The Morgan fingerprint density at radius 3 is 1.94 bits per heavy atom. The maximum absolute atomic E-state index is 2.33. The standard InChI is InChI=1S/C18H10/c1-2-12-7-15-9-14-8-13-5-4-11(14)6-16(15)10-18(12)17(13)3-1/h1-10H. The van der Waals surface area contributed by atoms with E-state index < -0.39 is 0 Å². The van der Waals surface area contributed by atoms with E-state index in [1.165, 1.54) is 43.1 Å². The number of fused-ring (bicyclic) bond motifs is 1. The molecule has 0 atom stereocenters. The fourth-order valence-electron chi connectivity index (χ4n) is 3.20. The quantitative estimate of drug-likeness (QED) is 0.319. The second kappa shape index (κ2) is 2.73. The summed E-state index contributed by atoms with van der Waals surface area (Å²) in [6, 6.07) is 22.6. The maximum Gasteiger partial charge on any atom is -0.00990 e. The van der Waals surface area contributed by atoms with E-state index in [-0.39, 0.29) is 0 Å². The summed E-state index contributed by atoms with van der Waals surface area (Å²) in [5, 5.41) is 10.7. The highest BCUT2D eigenvalue weighted by Crippen LogP contribution is 2.34. The zero-order chi connectivity index (χ0) is 11.7. The molecule has 0 fully saturated rings. The van der Waals surface area contributed by atoms with Crippen LogP contribution in [-0.4, -0.2) is 0 Å². The third-order valence-corrected chi connectivity index (χ3v) is 4.10. The van der Waals surface area contributed by atoms with Gasteiger partial charge in [-0.15, -0.1) is 0 Å². The lowest BCUT2D eigenvalue weighted by Gasteiger charge is -2.03. The highest BCUT2D eigenvalue weighted by Gasteiger charge is 2.06. The zero-order valence-electron chi connectivity index (χ0n) is 9.77. The summed E-state index contributed by atoms with van der Waals surface area (Å²) in [6.45, 7) is 0. The molecule has 0 heteroatoms. The van der Waals surface area contributed by atoms with Crippen LogP contribution < -0.4 is 0 Å². The Hall–Kier alpha value is -2.34. The van der Waals surface area contributed by atoms with Gasteiger partial charge in [0.15, 0.2) is 0 Å². The summed E-state index contributed by atoms with van der Waals surface area (Å²) < 4.78 is 0. The average molecular weight is 226 g/mol. The van der Waals surface area contributed by atoms with Crippen molar-refractivity contribution in [2.24, 2.45) is 0 Å². The van der Waals surface area contributed by atoms with Gasteiger partial charge in [0, 0.05) is 0 Å². The Morgan fingerprint density at radius 1 is 0.389 bits per heavy atom. The molecule has 0 aliphatic heterocycles. The molecule has 8 rings (SSSR count). The van der Waals surface area contributed by atoms with E-state index in [9.17, 15) is 0 Å². The van der Waals surface area contributed by atoms with E-state index in [2.05, 4.69) is 60.7 Å². The third kappa shape index (κ3) is 0.925.